The van der Waals surface area contributed by atoms with Gasteiger partial charge in [-0.2, -0.15) is 5.10 Å². The second-order valence-electron chi connectivity index (χ2n) is 5.06. The standard InChI is InChI=1S/C16H19N3O2/c1-18(11-13-10-17-19(2)12-13)16(21)9-8-15(20)14-6-4-3-5-7-14/h3-7,10,12H,8-9,11H2,1-2H3. The van der Waals surface area contributed by atoms with Crippen LogP contribution >= 0.6 is 0 Å². The lowest BCUT2D eigenvalue weighted by Gasteiger charge is -2.15. The Labute approximate surface area is 124 Å². The Morgan fingerprint density at radius 2 is 1.90 bits per heavy atom. The fourth-order valence-electron chi connectivity index (χ4n) is 2.10. The summed E-state index contributed by atoms with van der Waals surface area (Å²) in [5, 5.41) is 4.07. The van der Waals surface area contributed by atoms with Crippen LogP contribution in [0.3, 0.4) is 0 Å². The average molecular weight is 285 g/mol. The van der Waals surface area contributed by atoms with Crippen LogP contribution < -0.4 is 0 Å². The summed E-state index contributed by atoms with van der Waals surface area (Å²) in [6, 6.07) is 9.05. The number of aromatic nitrogens is 2. The Balaban J connectivity index is 1.82. The molecule has 0 fully saturated rings. The van der Waals surface area contributed by atoms with Gasteiger partial charge in [0.1, 0.15) is 0 Å². The first kappa shape index (κ1) is 15.0. The molecule has 5 heteroatoms. The molecule has 5 nitrogen and oxygen atoms in total. The summed E-state index contributed by atoms with van der Waals surface area (Å²) in [6.07, 6.45) is 4.07. The molecule has 0 unspecified atom stereocenters. The van der Waals surface area contributed by atoms with E-state index in [1.807, 2.05) is 31.4 Å². The Bertz CT molecular complexity index is 619. The van der Waals surface area contributed by atoms with Crippen LogP contribution in [0.15, 0.2) is 42.7 Å². The Morgan fingerprint density at radius 3 is 2.52 bits per heavy atom. The minimum absolute atomic E-state index is 0.00118. The van der Waals surface area contributed by atoms with Crippen LogP contribution in [-0.2, 0) is 18.4 Å². The molecule has 0 saturated heterocycles. The third kappa shape index (κ3) is 4.27. The van der Waals surface area contributed by atoms with Crippen LogP contribution in [0, 0.1) is 0 Å². The van der Waals surface area contributed by atoms with E-state index in [9.17, 15) is 9.59 Å². The molecule has 0 aliphatic carbocycles. The van der Waals surface area contributed by atoms with Crippen molar-refractivity contribution >= 4 is 11.7 Å². The van der Waals surface area contributed by atoms with E-state index >= 15 is 0 Å². The number of rotatable bonds is 6. The van der Waals surface area contributed by atoms with Crippen LogP contribution in [0.4, 0.5) is 0 Å². The number of hydrogen-bond donors (Lipinski definition) is 0. The van der Waals surface area contributed by atoms with E-state index in [1.54, 1.807) is 35.0 Å². The zero-order valence-corrected chi connectivity index (χ0v) is 12.3. The average Bonchev–Trinajstić information content (AvgIpc) is 2.90. The Kier molecular flexibility index (Phi) is 4.87. The van der Waals surface area contributed by atoms with E-state index in [-0.39, 0.29) is 24.5 Å². The molecule has 0 aliphatic heterocycles. The molecule has 0 atom stereocenters. The molecule has 21 heavy (non-hydrogen) atoms. The molecule has 0 aliphatic rings. The van der Waals surface area contributed by atoms with Gasteiger partial charge in [0.2, 0.25) is 5.91 Å². The SMILES string of the molecule is CN(Cc1cnn(C)c1)C(=O)CCC(=O)c1ccccc1. The Hall–Kier alpha value is -2.43. The lowest BCUT2D eigenvalue weighted by atomic mass is 10.1. The maximum atomic E-state index is 12.0. The number of amides is 1. The van der Waals surface area contributed by atoms with Gasteiger partial charge >= 0.3 is 0 Å². The van der Waals surface area contributed by atoms with Gasteiger partial charge in [-0.3, -0.25) is 14.3 Å². The van der Waals surface area contributed by atoms with Crippen molar-refractivity contribution < 1.29 is 9.59 Å². The minimum atomic E-state index is -0.0388. The summed E-state index contributed by atoms with van der Waals surface area (Å²) in [4.78, 5) is 25.6. The van der Waals surface area contributed by atoms with E-state index in [4.69, 9.17) is 0 Å². The molecule has 1 aromatic heterocycles. The summed E-state index contributed by atoms with van der Waals surface area (Å²) in [5.74, 6) is -0.0399. The molecule has 0 N–H and O–H groups in total. The maximum Gasteiger partial charge on any atom is 0.223 e. The van der Waals surface area contributed by atoms with Crippen molar-refractivity contribution in [1.29, 1.82) is 0 Å². The third-order valence-corrected chi connectivity index (χ3v) is 3.27. The van der Waals surface area contributed by atoms with Crippen LogP contribution in [0.1, 0.15) is 28.8 Å². The zero-order chi connectivity index (χ0) is 15.2. The highest BCUT2D eigenvalue weighted by atomic mass is 16.2. The summed E-state index contributed by atoms with van der Waals surface area (Å²) in [5.41, 5.74) is 1.63. The lowest BCUT2D eigenvalue weighted by Crippen LogP contribution is -2.26. The number of aryl methyl sites for hydroxylation is 1. The molecule has 2 rings (SSSR count). The first-order chi connectivity index (χ1) is 10.1. The topological polar surface area (TPSA) is 55.2 Å². The number of Topliss-reactive ketones (excluding diaryl/α,β-unsaturated/α-hetero) is 1. The van der Waals surface area contributed by atoms with E-state index in [0.29, 0.717) is 12.1 Å². The van der Waals surface area contributed by atoms with E-state index in [0.717, 1.165) is 5.56 Å². The minimum Gasteiger partial charge on any atom is -0.341 e. The number of nitrogens with zero attached hydrogens (tertiary/aromatic N) is 3. The molecule has 0 radical (unpaired) electrons. The molecule has 1 amide bonds. The summed E-state index contributed by atoms with van der Waals surface area (Å²) in [7, 11) is 3.58. The fraction of sp³-hybridized carbons (Fsp3) is 0.312. The molecule has 2 aromatic rings. The smallest absolute Gasteiger partial charge is 0.223 e. The molecular weight excluding hydrogens is 266 g/mol. The predicted octanol–water partition coefficient (Wildman–Crippen LogP) is 2.04. The maximum absolute atomic E-state index is 12.0. The molecule has 0 saturated carbocycles. The molecule has 110 valence electrons. The van der Waals surface area contributed by atoms with E-state index in [2.05, 4.69) is 5.10 Å². The highest BCUT2D eigenvalue weighted by Crippen LogP contribution is 2.08. The first-order valence-electron chi connectivity index (χ1n) is 6.86. The molecule has 0 spiro atoms. The molecular formula is C16H19N3O2. The summed E-state index contributed by atoms with van der Waals surface area (Å²) < 4.78 is 1.70. The normalized spacial score (nSPS) is 10.4. The molecule has 1 heterocycles. The van der Waals surface area contributed by atoms with Crippen molar-refractivity contribution in [2.24, 2.45) is 7.05 Å². The fourth-order valence-corrected chi connectivity index (χ4v) is 2.10. The lowest BCUT2D eigenvalue weighted by molar-refractivity contribution is -0.130. The Morgan fingerprint density at radius 1 is 1.19 bits per heavy atom. The van der Waals surface area contributed by atoms with Gasteiger partial charge in [0.15, 0.2) is 5.78 Å². The number of benzene rings is 1. The quantitative estimate of drug-likeness (QED) is 0.763. The van der Waals surface area contributed by atoms with E-state index < -0.39 is 0 Å². The van der Waals surface area contributed by atoms with Gasteiger partial charge in [-0.05, 0) is 0 Å². The molecule has 0 bridgehead atoms. The predicted molar refractivity (Wildman–Crippen MR) is 79.7 cm³/mol. The monoisotopic (exact) mass is 285 g/mol. The second kappa shape index (κ2) is 6.83. The van der Waals surface area contributed by atoms with Gasteiger partial charge in [0.25, 0.3) is 0 Å². The van der Waals surface area contributed by atoms with E-state index in [1.165, 1.54) is 0 Å². The highest BCUT2D eigenvalue weighted by Gasteiger charge is 2.13. The third-order valence-electron chi connectivity index (χ3n) is 3.27. The van der Waals surface area contributed by atoms with Gasteiger partial charge < -0.3 is 4.90 Å². The van der Waals surface area contributed by atoms with Crippen LogP contribution in [0.2, 0.25) is 0 Å². The number of carbonyl (C=O) groups is 2. The van der Waals surface area contributed by atoms with Crippen molar-refractivity contribution in [3.05, 3.63) is 53.9 Å². The van der Waals surface area contributed by atoms with Gasteiger partial charge in [-0.25, -0.2) is 0 Å². The summed E-state index contributed by atoms with van der Waals surface area (Å²) >= 11 is 0. The largest absolute Gasteiger partial charge is 0.341 e. The van der Waals surface area contributed by atoms with Crippen molar-refractivity contribution in [3.63, 3.8) is 0 Å². The number of carbonyl (C=O) groups excluding carboxylic acids is 2. The number of hydrogen-bond acceptors (Lipinski definition) is 3. The highest BCUT2D eigenvalue weighted by molar-refractivity contribution is 5.97. The second-order valence-corrected chi connectivity index (χ2v) is 5.06. The van der Waals surface area contributed by atoms with Crippen LogP contribution in [0.25, 0.3) is 0 Å². The van der Waals surface area contributed by atoms with Crippen molar-refractivity contribution in [2.45, 2.75) is 19.4 Å². The van der Waals surface area contributed by atoms with Crippen LogP contribution in [-0.4, -0.2) is 33.4 Å². The van der Waals surface area contributed by atoms with Crippen molar-refractivity contribution in [2.75, 3.05) is 7.05 Å². The number of ketones is 1. The molecule has 1 aromatic carbocycles. The van der Waals surface area contributed by atoms with Crippen molar-refractivity contribution in [1.82, 2.24) is 14.7 Å². The van der Waals surface area contributed by atoms with Gasteiger partial charge in [-0.15, -0.1) is 0 Å². The van der Waals surface area contributed by atoms with Crippen LogP contribution in [0.5, 0.6) is 0 Å². The van der Waals surface area contributed by atoms with Gasteiger partial charge in [-0.1, -0.05) is 30.3 Å². The van der Waals surface area contributed by atoms with Gasteiger partial charge in [0, 0.05) is 50.8 Å². The first-order valence-corrected chi connectivity index (χ1v) is 6.86. The zero-order valence-electron chi connectivity index (χ0n) is 12.3. The van der Waals surface area contributed by atoms with Crippen molar-refractivity contribution in [3.8, 4) is 0 Å². The summed E-state index contributed by atoms with van der Waals surface area (Å²) in [6.45, 7) is 0.506. The van der Waals surface area contributed by atoms with Gasteiger partial charge in [0.05, 0.1) is 6.20 Å².